The molecule has 3 aliphatic heterocycles. The van der Waals surface area contributed by atoms with Crippen LogP contribution in [0.2, 0.25) is 0 Å². The van der Waals surface area contributed by atoms with E-state index in [1.807, 2.05) is 17.0 Å². The van der Waals surface area contributed by atoms with E-state index >= 15 is 0 Å². The molecule has 1 N–H and O–H groups in total. The number of likely N-dealkylation sites (tertiary alicyclic amines) is 2. The lowest BCUT2D eigenvalue weighted by atomic mass is 9.96. The predicted molar refractivity (Wildman–Crippen MR) is 102 cm³/mol. The summed E-state index contributed by atoms with van der Waals surface area (Å²) in [6.07, 6.45) is 4.00. The van der Waals surface area contributed by atoms with Gasteiger partial charge in [-0.2, -0.15) is 0 Å². The summed E-state index contributed by atoms with van der Waals surface area (Å²) in [4.78, 5) is 42.5. The fourth-order valence-electron chi connectivity index (χ4n) is 4.35. The van der Waals surface area contributed by atoms with Crippen LogP contribution in [0, 0.1) is 0 Å². The van der Waals surface area contributed by atoms with E-state index in [0.717, 1.165) is 19.6 Å². The Morgan fingerprint density at radius 1 is 1.11 bits per heavy atom. The molecule has 1 aromatic carbocycles. The quantitative estimate of drug-likeness (QED) is 0.881. The molecule has 3 heterocycles. The zero-order valence-corrected chi connectivity index (χ0v) is 15.7. The number of nitrogens with one attached hydrogen (secondary N) is 1. The van der Waals surface area contributed by atoms with Crippen LogP contribution < -0.4 is 10.2 Å². The van der Waals surface area contributed by atoms with Crippen LogP contribution in [0.1, 0.15) is 43.0 Å². The number of benzene rings is 1. The highest BCUT2D eigenvalue weighted by molar-refractivity contribution is 6.09. The zero-order valence-electron chi connectivity index (χ0n) is 15.7. The fourth-order valence-corrected chi connectivity index (χ4v) is 4.35. The van der Waals surface area contributed by atoms with Gasteiger partial charge in [0.25, 0.3) is 5.91 Å². The highest BCUT2D eigenvalue weighted by Crippen LogP contribution is 2.28. The van der Waals surface area contributed by atoms with E-state index in [1.165, 1.54) is 24.2 Å². The van der Waals surface area contributed by atoms with Crippen LogP contribution in [0.15, 0.2) is 24.3 Å². The minimum atomic E-state index is -0.463. The van der Waals surface area contributed by atoms with Crippen LogP contribution in [-0.4, -0.2) is 65.9 Å². The molecular weight excluding hydrogens is 344 g/mol. The van der Waals surface area contributed by atoms with E-state index < -0.39 is 6.03 Å². The Balaban J connectivity index is 1.46. The van der Waals surface area contributed by atoms with Gasteiger partial charge in [0.15, 0.2) is 0 Å². The van der Waals surface area contributed by atoms with Crippen molar-refractivity contribution in [2.45, 2.75) is 44.7 Å². The molecule has 4 amide bonds. The average Bonchev–Trinajstić information content (AvgIpc) is 2.62. The predicted octanol–water partition coefficient (Wildman–Crippen LogP) is 1.83. The number of hydrogen-bond donors (Lipinski definition) is 1. The van der Waals surface area contributed by atoms with Gasteiger partial charge in [-0.15, -0.1) is 0 Å². The molecule has 0 bridgehead atoms. The fraction of sp³-hybridized carbons (Fsp3) is 0.550. The van der Waals surface area contributed by atoms with Crippen LogP contribution in [0.25, 0.3) is 0 Å². The smallest absolute Gasteiger partial charge is 0.328 e. The van der Waals surface area contributed by atoms with Gasteiger partial charge in [0.05, 0.1) is 11.3 Å². The minimum Gasteiger partial charge on any atom is -0.335 e. The Bertz CT molecular complexity index is 759. The van der Waals surface area contributed by atoms with Gasteiger partial charge in [0.1, 0.15) is 0 Å². The topological polar surface area (TPSA) is 73.0 Å². The average molecular weight is 370 g/mol. The molecule has 1 aromatic rings. The molecule has 0 aliphatic carbocycles. The molecule has 3 fully saturated rings. The first-order valence-corrected chi connectivity index (χ1v) is 9.80. The van der Waals surface area contributed by atoms with E-state index in [1.54, 1.807) is 12.1 Å². The lowest BCUT2D eigenvalue weighted by Crippen LogP contribution is -2.63. The molecule has 7 heteroatoms. The third kappa shape index (κ3) is 3.43. The molecular formula is C20H26N4O3. The highest BCUT2D eigenvalue weighted by atomic mass is 16.2. The maximum Gasteiger partial charge on any atom is 0.328 e. The summed E-state index contributed by atoms with van der Waals surface area (Å²) in [5.41, 5.74) is 1.09. The van der Waals surface area contributed by atoms with Crippen LogP contribution in [-0.2, 0) is 4.79 Å². The second kappa shape index (κ2) is 7.31. The Kier molecular flexibility index (Phi) is 4.86. The van der Waals surface area contributed by atoms with Gasteiger partial charge in [-0.1, -0.05) is 18.6 Å². The van der Waals surface area contributed by atoms with E-state index in [9.17, 15) is 14.4 Å². The summed E-state index contributed by atoms with van der Waals surface area (Å²) in [7, 11) is 0. The normalized spacial score (nSPS) is 24.6. The number of hydrogen-bond acceptors (Lipinski definition) is 4. The molecule has 1 unspecified atom stereocenters. The summed E-state index contributed by atoms with van der Waals surface area (Å²) in [5.74, 6) is -0.322. The molecule has 7 nitrogen and oxygen atoms in total. The van der Waals surface area contributed by atoms with Crippen molar-refractivity contribution >= 4 is 23.5 Å². The summed E-state index contributed by atoms with van der Waals surface area (Å²) < 4.78 is 0. The Morgan fingerprint density at radius 3 is 2.63 bits per heavy atom. The lowest BCUT2D eigenvalue weighted by Gasteiger charge is -2.49. The lowest BCUT2D eigenvalue weighted by molar-refractivity contribution is -0.120. The molecule has 1 atom stereocenters. The van der Waals surface area contributed by atoms with Gasteiger partial charge in [0, 0.05) is 38.1 Å². The Morgan fingerprint density at radius 2 is 1.89 bits per heavy atom. The number of piperidine rings is 1. The van der Waals surface area contributed by atoms with Crippen molar-refractivity contribution in [3.63, 3.8) is 0 Å². The summed E-state index contributed by atoms with van der Waals surface area (Å²) in [5, 5.41) is 2.32. The second-order valence-electron chi connectivity index (χ2n) is 7.72. The monoisotopic (exact) mass is 370 g/mol. The summed E-state index contributed by atoms with van der Waals surface area (Å²) >= 11 is 0. The molecule has 27 heavy (non-hydrogen) atoms. The molecule has 0 saturated carbocycles. The van der Waals surface area contributed by atoms with Gasteiger partial charge in [-0.05, 0) is 38.4 Å². The summed E-state index contributed by atoms with van der Waals surface area (Å²) in [6.45, 7) is 5.16. The first-order valence-electron chi connectivity index (χ1n) is 9.80. The third-order valence-corrected chi connectivity index (χ3v) is 5.95. The SMILES string of the molecule is CC1CCCCN1C1CN(C(=O)c2ccccc2N2CCC(=O)NC2=O)C1. The van der Waals surface area contributed by atoms with Gasteiger partial charge in [-0.25, -0.2) is 4.79 Å². The third-order valence-electron chi connectivity index (χ3n) is 5.95. The van der Waals surface area contributed by atoms with Crippen molar-refractivity contribution in [1.29, 1.82) is 0 Å². The van der Waals surface area contributed by atoms with Gasteiger partial charge < -0.3 is 4.90 Å². The van der Waals surface area contributed by atoms with Crippen molar-refractivity contribution in [2.75, 3.05) is 31.1 Å². The van der Waals surface area contributed by atoms with E-state index in [-0.39, 0.29) is 18.2 Å². The largest absolute Gasteiger partial charge is 0.335 e. The van der Waals surface area contributed by atoms with Gasteiger partial charge in [0.2, 0.25) is 5.91 Å². The molecule has 0 radical (unpaired) electrons. The van der Waals surface area contributed by atoms with Gasteiger partial charge in [-0.3, -0.25) is 24.7 Å². The molecule has 3 aliphatic rings. The highest BCUT2D eigenvalue weighted by Gasteiger charge is 2.39. The second-order valence-corrected chi connectivity index (χ2v) is 7.72. The molecule has 0 spiro atoms. The number of nitrogens with zero attached hydrogens (tertiary/aromatic N) is 3. The van der Waals surface area contributed by atoms with Gasteiger partial charge >= 0.3 is 6.03 Å². The van der Waals surface area contributed by atoms with E-state index in [2.05, 4.69) is 17.1 Å². The Hall–Kier alpha value is -2.41. The maximum atomic E-state index is 13.1. The number of imide groups is 1. The van der Waals surface area contributed by atoms with Crippen molar-refractivity contribution in [3.05, 3.63) is 29.8 Å². The van der Waals surface area contributed by atoms with Crippen molar-refractivity contribution < 1.29 is 14.4 Å². The standard InChI is InChI=1S/C20H26N4O3/c1-14-6-4-5-10-23(14)15-12-22(13-15)19(26)16-7-2-3-8-17(16)24-11-9-18(25)21-20(24)27/h2-3,7-8,14-15H,4-6,9-13H2,1H3,(H,21,25,27). The first-order chi connectivity index (χ1) is 13.0. The van der Waals surface area contributed by atoms with Crippen LogP contribution in [0.4, 0.5) is 10.5 Å². The van der Waals surface area contributed by atoms with E-state index in [0.29, 0.717) is 29.9 Å². The van der Waals surface area contributed by atoms with Crippen LogP contribution >= 0.6 is 0 Å². The van der Waals surface area contributed by atoms with Crippen molar-refractivity contribution in [3.8, 4) is 0 Å². The summed E-state index contributed by atoms with van der Waals surface area (Å²) in [6, 6.07) is 7.72. The number of rotatable bonds is 3. The Labute approximate surface area is 159 Å². The number of carbonyl (C=O) groups is 3. The maximum absolute atomic E-state index is 13.1. The molecule has 3 saturated heterocycles. The van der Waals surface area contributed by atoms with Crippen molar-refractivity contribution in [2.24, 2.45) is 0 Å². The molecule has 4 rings (SSSR count). The number of urea groups is 1. The minimum absolute atomic E-state index is 0.0452. The van der Waals surface area contributed by atoms with Crippen molar-refractivity contribution in [1.82, 2.24) is 15.1 Å². The first kappa shape index (κ1) is 18.0. The van der Waals surface area contributed by atoms with Crippen LogP contribution in [0.3, 0.4) is 0 Å². The molecule has 0 aromatic heterocycles. The molecule has 144 valence electrons. The zero-order chi connectivity index (χ0) is 19.0. The number of para-hydroxylation sites is 1. The van der Waals surface area contributed by atoms with Crippen LogP contribution in [0.5, 0.6) is 0 Å². The van der Waals surface area contributed by atoms with E-state index in [4.69, 9.17) is 0 Å². The number of amides is 4. The number of carbonyl (C=O) groups excluding carboxylic acids is 3. The number of anilines is 1.